The van der Waals surface area contributed by atoms with Crippen molar-refractivity contribution in [3.63, 3.8) is 0 Å². The fourth-order valence-electron chi connectivity index (χ4n) is 2.01. The molecule has 1 aromatic rings. The maximum absolute atomic E-state index is 12.7. The third-order valence-electron chi connectivity index (χ3n) is 3.35. The SMILES string of the molecule is C=C[C@](CO)(CCC=C(C)C)S(=O)(=O)c1ccccc1. The van der Waals surface area contributed by atoms with Crippen LogP contribution in [0.25, 0.3) is 0 Å². The third kappa shape index (κ3) is 3.38. The van der Waals surface area contributed by atoms with E-state index in [1.54, 1.807) is 30.3 Å². The van der Waals surface area contributed by atoms with Gasteiger partial charge >= 0.3 is 0 Å². The number of allylic oxidation sites excluding steroid dienone is 2. The van der Waals surface area contributed by atoms with Crippen molar-refractivity contribution in [2.45, 2.75) is 36.3 Å². The van der Waals surface area contributed by atoms with Crippen molar-refractivity contribution < 1.29 is 13.5 Å². The van der Waals surface area contributed by atoms with E-state index in [0.717, 1.165) is 5.57 Å². The van der Waals surface area contributed by atoms with Crippen molar-refractivity contribution in [3.8, 4) is 0 Å². The molecule has 0 heterocycles. The van der Waals surface area contributed by atoms with E-state index in [9.17, 15) is 13.5 Å². The maximum Gasteiger partial charge on any atom is 0.189 e. The van der Waals surface area contributed by atoms with Crippen LogP contribution in [-0.2, 0) is 9.84 Å². The molecule has 20 heavy (non-hydrogen) atoms. The molecule has 110 valence electrons. The predicted octanol–water partition coefficient (Wildman–Crippen LogP) is 3.12. The van der Waals surface area contributed by atoms with Crippen molar-refractivity contribution >= 4 is 9.84 Å². The van der Waals surface area contributed by atoms with Gasteiger partial charge in [-0.05, 0) is 38.8 Å². The first-order valence-electron chi connectivity index (χ1n) is 6.57. The Labute approximate surface area is 121 Å². The maximum atomic E-state index is 12.7. The number of hydrogen-bond acceptors (Lipinski definition) is 3. The van der Waals surface area contributed by atoms with Crippen molar-refractivity contribution in [1.82, 2.24) is 0 Å². The summed E-state index contributed by atoms with van der Waals surface area (Å²) in [5.74, 6) is 0. The Kier molecular flexibility index (Phi) is 5.72. The van der Waals surface area contributed by atoms with Crippen molar-refractivity contribution in [1.29, 1.82) is 0 Å². The van der Waals surface area contributed by atoms with Gasteiger partial charge < -0.3 is 5.11 Å². The Morgan fingerprint density at radius 3 is 2.35 bits per heavy atom. The number of aliphatic hydroxyl groups is 1. The van der Waals surface area contributed by atoms with Gasteiger partial charge in [0, 0.05) is 0 Å². The number of benzene rings is 1. The number of hydrogen-bond donors (Lipinski definition) is 1. The van der Waals surface area contributed by atoms with E-state index < -0.39 is 21.2 Å². The lowest BCUT2D eigenvalue weighted by Crippen LogP contribution is -2.40. The van der Waals surface area contributed by atoms with Gasteiger partial charge in [0.05, 0.1) is 11.5 Å². The van der Waals surface area contributed by atoms with E-state index in [1.165, 1.54) is 6.08 Å². The molecule has 0 spiro atoms. The standard InChI is InChI=1S/C16H22O3S/c1-4-16(13-17,12-8-9-14(2)3)20(18,19)15-10-6-5-7-11-15/h4-7,9-11,17H,1,8,12-13H2,2-3H3/t16-/m1/s1. The summed E-state index contributed by atoms with van der Waals surface area (Å²) in [6, 6.07) is 8.20. The summed E-state index contributed by atoms with van der Waals surface area (Å²) in [6.07, 6.45) is 4.22. The van der Waals surface area contributed by atoms with Crippen molar-refractivity contribution in [2.24, 2.45) is 0 Å². The fourth-order valence-corrected chi connectivity index (χ4v) is 3.78. The Morgan fingerprint density at radius 1 is 1.30 bits per heavy atom. The zero-order chi connectivity index (χ0) is 15.2. The van der Waals surface area contributed by atoms with Crippen LogP contribution >= 0.6 is 0 Å². The molecule has 0 saturated carbocycles. The van der Waals surface area contributed by atoms with E-state index in [-0.39, 0.29) is 4.90 Å². The molecule has 0 aromatic heterocycles. The van der Waals surface area contributed by atoms with Crippen molar-refractivity contribution in [2.75, 3.05) is 6.61 Å². The lowest BCUT2D eigenvalue weighted by molar-refractivity contribution is 0.257. The molecule has 1 rings (SSSR count). The first kappa shape index (κ1) is 16.7. The second-order valence-corrected chi connectivity index (χ2v) is 7.35. The van der Waals surface area contributed by atoms with Gasteiger partial charge in [-0.15, -0.1) is 6.58 Å². The molecular formula is C16H22O3S. The molecule has 0 aliphatic heterocycles. The molecule has 4 heteroatoms. The van der Waals surface area contributed by atoms with Crippen molar-refractivity contribution in [3.05, 3.63) is 54.6 Å². The average molecular weight is 294 g/mol. The molecule has 0 fully saturated rings. The number of rotatable bonds is 7. The molecule has 1 atom stereocenters. The second kappa shape index (κ2) is 6.86. The summed E-state index contributed by atoms with van der Waals surface area (Å²) in [6.45, 7) is 7.08. The number of sulfone groups is 1. The Morgan fingerprint density at radius 2 is 1.90 bits per heavy atom. The monoisotopic (exact) mass is 294 g/mol. The van der Waals surface area contributed by atoms with Crippen LogP contribution < -0.4 is 0 Å². The summed E-state index contributed by atoms with van der Waals surface area (Å²) >= 11 is 0. The summed E-state index contributed by atoms with van der Waals surface area (Å²) in [5, 5.41) is 9.67. The van der Waals surface area contributed by atoms with Gasteiger partial charge in [-0.25, -0.2) is 8.42 Å². The van der Waals surface area contributed by atoms with E-state index in [2.05, 4.69) is 6.58 Å². The predicted molar refractivity (Wildman–Crippen MR) is 82.3 cm³/mol. The highest BCUT2D eigenvalue weighted by molar-refractivity contribution is 7.93. The third-order valence-corrected chi connectivity index (χ3v) is 5.81. The van der Waals surface area contributed by atoms with Crippen LogP contribution in [0.15, 0.2) is 59.5 Å². The van der Waals surface area contributed by atoms with Gasteiger partial charge in [-0.2, -0.15) is 0 Å². The van der Waals surface area contributed by atoms with E-state index >= 15 is 0 Å². The highest BCUT2D eigenvalue weighted by Gasteiger charge is 2.40. The minimum atomic E-state index is -3.66. The average Bonchev–Trinajstić information content (AvgIpc) is 2.44. The minimum Gasteiger partial charge on any atom is -0.394 e. The van der Waals surface area contributed by atoms with Crippen LogP contribution in [0, 0.1) is 0 Å². The molecule has 0 aliphatic rings. The van der Waals surface area contributed by atoms with E-state index in [1.807, 2.05) is 19.9 Å². The first-order valence-corrected chi connectivity index (χ1v) is 8.05. The molecule has 1 N–H and O–H groups in total. The molecule has 0 radical (unpaired) electrons. The van der Waals surface area contributed by atoms with Crippen LogP contribution in [0.4, 0.5) is 0 Å². The quantitative estimate of drug-likeness (QED) is 0.786. The van der Waals surface area contributed by atoms with Gasteiger partial charge in [0.1, 0.15) is 4.75 Å². The number of aliphatic hydroxyl groups excluding tert-OH is 1. The second-order valence-electron chi connectivity index (χ2n) is 5.06. The summed E-state index contributed by atoms with van der Waals surface area (Å²) < 4.78 is 24.1. The zero-order valence-corrected chi connectivity index (χ0v) is 12.9. The molecular weight excluding hydrogens is 272 g/mol. The molecule has 0 aliphatic carbocycles. The van der Waals surface area contributed by atoms with Crippen LogP contribution in [0.5, 0.6) is 0 Å². The van der Waals surface area contributed by atoms with Crippen LogP contribution in [0.2, 0.25) is 0 Å². The largest absolute Gasteiger partial charge is 0.394 e. The molecule has 0 bridgehead atoms. The molecule has 0 amide bonds. The molecule has 3 nitrogen and oxygen atoms in total. The lowest BCUT2D eigenvalue weighted by atomic mass is 10.0. The molecule has 0 unspecified atom stereocenters. The Balaban J connectivity index is 3.18. The summed E-state index contributed by atoms with van der Waals surface area (Å²) in [4.78, 5) is 0.214. The van der Waals surface area contributed by atoms with Gasteiger partial charge in [0.2, 0.25) is 0 Å². The normalized spacial score (nSPS) is 14.3. The van der Waals surface area contributed by atoms with Gasteiger partial charge in [-0.3, -0.25) is 0 Å². The smallest absolute Gasteiger partial charge is 0.189 e. The van der Waals surface area contributed by atoms with Gasteiger partial charge in [-0.1, -0.05) is 35.9 Å². The first-order chi connectivity index (χ1) is 9.39. The van der Waals surface area contributed by atoms with Crippen LogP contribution in [-0.4, -0.2) is 24.9 Å². The minimum absolute atomic E-state index is 0.214. The van der Waals surface area contributed by atoms with E-state index in [4.69, 9.17) is 0 Å². The molecule has 0 saturated heterocycles. The van der Waals surface area contributed by atoms with Gasteiger partial charge in [0.25, 0.3) is 0 Å². The Hall–Kier alpha value is -1.39. The van der Waals surface area contributed by atoms with Gasteiger partial charge in [0.15, 0.2) is 9.84 Å². The topological polar surface area (TPSA) is 54.4 Å². The lowest BCUT2D eigenvalue weighted by Gasteiger charge is -2.28. The Bertz CT molecular complexity index is 569. The van der Waals surface area contributed by atoms with E-state index in [0.29, 0.717) is 12.8 Å². The van der Waals surface area contributed by atoms with Crippen LogP contribution in [0.3, 0.4) is 0 Å². The van der Waals surface area contributed by atoms with Crippen LogP contribution in [0.1, 0.15) is 26.7 Å². The fraction of sp³-hybridized carbons (Fsp3) is 0.375. The summed E-state index contributed by atoms with van der Waals surface area (Å²) in [5.41, 5.74) is 1.12. The highest BCUT2D eigenvalue weighted by Crippen LogP contribution is 2.31. The molecule has 1 aromatic carbocycles. The zero-order valence-electron chi connectivity index (χ0n) is 12.0. The highest BCUT2D eigenvalue weighted by atomic mass is 32.2. The summed E-state index contributed by atoms with van der Waals surface area (Å²) in [7, 11) is -3.66.